The van der Waals surface area contributed by atoms with Crippen LogP contribution in [0.2, 0.25) is 5.02 Å². The van der Waals surface area contributed by atoms with Crippen LogP contribution in [0.25, 0.3) is 0 Å². The number of aryl methyl sites for hydroxylation is 1. The number of hydrogen-bond donors (Lipinski definition) is 2. The lowest BCUT2D eigenvalue weighted by atomic mass is 10.2. The molecule has 20 heavy (non-hydrogen) atoms. The number of halogens is 2. The van der Waals surface area contributed by atoms with Gasteiger partial charge in [0, 0.05) is 0 Å². The highest BCUT2D eigenvalue weighted by Gasteiger charge is 2.17. The number of benzene rings is 2. The van der Waals surface area contributed by atoms with E-state index in [0.29, 0.717) is 0 Å². The highest BCUT2D eigenvalue weighted by atomic mass is 35.5. The Bertz CT molecular complexity index is 763. The van der Waals surface area contributed by atoms with E-state index < -0.39 is 15.8 Å². The zero-order valence-corrected chi connectivity index (χ0v) is 12.1. The van der Waals surface area contributed by atoms with Crippen LogP contribution in [0.3, 0.4) is 0 Å². The molecule has 0 radical (unpaired) electrons. The van der Waals surface area contributed by atoms with E-state index in [1.165, 1.54) is 0 Å². The van der Waals surface area contributed by atoms with Crippen LogP contribution >= 0.6 is 11.6 Å². The summed E-state index contributed by atoms with van der Waals surface area (Å²) in [6.45, 7) is 1.84. The Balaban J connectivity index is 2.38. The number of nitrogens with two attached hydrogens (primary N) is 1. The van der Waals surface area contributed by atoms with Gasteiger partial charge in [-0.15, -0.1) is 0 Å². The average molecular weight is 315 g/mol. The summed E-state index contributed by atoms with van der Waals surface area (Å²) in [6, 6.07) is 8.11. The largest absolute Gasteiger partial charge is 0.396 e. The van der Waals surface area contributed by atoms with Crippen LogP contribution in [0.15, 0.2) is 41.3 Å². The van der Waals surface area contributed by atoms with Crippen LogP contribution in [-0.2, 0) is 10.0 Å². The van der Waals surface area contributed by atoms with Gasteiger partial charge in [-0.25, -0.2) is 12.8 Å². The van der Waals surface area contributed by atoms with Crippen LogP contribution in [0.4, 0.5) is 15.8 Å². The molecule has 0 heterocycles. The van der Waals surface area contributed by atoms with Gasteiger partial charge in [0.1, 0.15) is 5.82 Å². The Morgan fingerprint density at radius 2 is 1.90 bits per heavy atom. The third kappa shape index (κ3) is 3.02. The highest BCUT2D eigenvalue weighted by Crippen LogP contribution is 2.26. The molecule has 0 aliphatic rings. The van der Waals surface area contributed by atoms with Gasteiger partial charge in [-0.1, -0.05) is 17.7 Å². The van der Waals surface area contributed by atoms with Crippen molar-refractivity contribution >= 4 is 33.0 Å². The van der Waals surface area contributed by atoms with E-state index in [-0.39, 0.29) is 21.3 Å². The molecule has 2 aromatic carbocycles. The van der Waals surface area contributed by atoms with Gasteiger partial charge in [0.25, 0.3) is 10.0 Å². The van der Waals surface area contributed by atoms with Gasteiger partial charge < -0.3 is 5.73 Å². The number of rotatable bonds is 3. The van der Waals surface area contributed by atoms with Gasteiger partial charge in [0.2, 0.25) is 0 Å². The monoisotopic (exact) mass is 314 g/mol. The molecule has 0 aliphatic carbocycles. The first kappa shape index (κ1) is 14.6. The van der Waals surface area contributed by atoms with E-state index in [1.54, 1.807) is 18.2 Å². The van der Waals surface area contributed by atoms with Crippen molar-refractivity contribution < 1.29 is 12.8 Å². The van der Waals surface area contributed by atoms with Crippen molar-refractivity contribution in [2.24, 2.45) is 0 Å². The van der Waals surface area contributed by atoms with Gasteiger partial charge in [-0.2, -0.15) is 0 Å². The molecule has 0 atom stereocenters. The van der Waals surface area contributed by atoms with Gasteiger partial charge in [0.05, 0.1) is 21.3 Å². The predicted molar refractivity (Wildman–Crippen MR) is 77.8 cm³/mol. The van der Waals surface area contributed by atoms with Gasteiger partial charge >= 0.3 is 0 Å². The minimum absolute atomic E-state index is 0.131. The maximum absolute atomic E-state index is 13.1. The fraction of sp³-hybridized carbons (Fsp3) is 0.0769. The van der Waals surface area contributed by atoms with E-state index in [1.807, 2.05) is 6.92 Å². The topological polar surface area (TPSA) is 72.2 Å². The molecule has 0 spiro atoms. The van der Waals surface area contributed by atoms with Crippen molar-refractivity contribution in [2.45, 2.75) is 11.8 Å². The summed E-state index contributed by atoms with van der Waals surface area (Å²) < 4.78 is 39.7. The van der Waals surface area contributed by atoms with Crippen molar-refractivity contribution in [1.82, 2.24) is 0 Å². The molecule has 2 rings (SSSR count). The van der Waals surface area contributed by atoms with E-state index in [9.17, 15) is 12.8 Å². The molecule has 0 aromatic heterocycles. The Morgan fingerprint density at radius 1 is 1.20 bits per heavy atom. The first-order chi connectivity index (χ1) is 9.29. The molecule has 3 N–H and O–H groups in total. The van der Waals surface area contributed by atoms with E-state index in [0.717, 1.165) is 23.8 Å². The fourth-order valence-electron chi connectivity index (χ4n) is 1.60. The summed E-state index contributed by atoms with van der Waals surface area (Å²) in [4.78, 5) is -0.131. The minimum Gasteiger partial charge on any atom is -0.396 e. The van der Waals surface area contributed by atoms with E-state index in [4.69, 9.17) is 17.3 Å². The van der Waals surface area contributed by atoms with E-state index in [2.05, 4.69) is 4.72 Å². The van der Waals surface area contributed by atoms with Crippen LogP contribution in [0.5, 0.6) is 0 Å². The normalized spacial score (nSPS) is 11.3. The summed E-state index contributed by atoms with van der Waals surface area (Å²) in [5.74, 6) is -0.669. The zero-order valence-electron chi connectivity index (χ0n) is 10.5. The third-order valence-corrected chi connectivity index (χ3v) is 4.32. The van der Waals surface area contributed by atoms with Gasteiger partial charge in [-0.3, -0.25) is 4.72 Å². The molecule has 0 saturated heterocycles. The molecular formula is C13H12ClFN2O2S. The van der Waals surface area contributed by atoms with E-state index >= 15 is 0 Å². The Labute approximate surface area is 121 Å². The molecule has 0 bridgehead atoms. The Morgan fingerprint density at radius 3 is 2.50 bits per heavy atom. The molecule has 7 heteroatoms. The van der Waals surface area contributed by atoms with Crippen molar-refractivity contribution in [2.75, 3.05) is 10.5 Å². The van der Waals surface area contributed by atoms with Crippen molar-refractivity contribution in [3.8, 4) is 0 Å². The van der Waals surface area contributed by atoms with Crippen molar-refractivity contribution in [1.29, 1.82) is 0 Å². The molecule has 0 saturated carbocycles. The van der Waals surface area contributed by atoms with Crippen molar-refractivity contribution in [3.05, 3.63) is 52.8 Å². The second kappa shape index (κ2) is 5.30. The maximum Gasteiger partial charge on any atom is 0.262 e. The second-order valence-corrected chi connectivity index (χ2v) is 6.36. The van der Waals surface area contributed by atoms with Crippen molar-refractivity contribution in [3.63, 3.8) is 0 Å². The number of hydrogen-bond acceptors (Lipinski definition) is 3. The number of anilines is 2. The molecule has 0 aliphatic heterocycles. The summed E-state index contributed by atoms with van der Waals surface area (Å²) >= 11 is 5.97. The first-order valence-electron chi connectivity index (χ1n) is 5.63. The minimum atomic E-state index is -3.87. The predicted octanol–water partition coefficient (Wildman–Crippen LogP) is 3.17. The third-order valence-electron chi connectivity index (χ3n) is 2.65. The Kier molecular flexibility index (Phi) is 3.87. The standard InChI is InChI=1S/C13H12ClFN2O2S/c1-8-2-5-13(10(14)6-8)17-20(18,19)9-3-4-11(15)12(16)7-9/h2-7,17H,16H2,1H3. The molecule has 106 valence electrons. The second-order valence-electron chi connectivity index (χ2n) is 4.27. The first-order valence-corrected chi connectivity index (χ1v) is 7.50. The molecule has 0 fully saturated rings. The highest BCUT2D eigenvalue weighted by molar-refractivity contribution is 7.92. The SMILES string of the molecule is Cc1ccc(NS(=O)(=O)c2ccc(F)c(N)c2)c(Cl)c1. The fourth-order valence-corrected chi connectivity index (χ4v) is 3.05. The summed E-state index contributed by atoms with van der Waals surface area (Å²) in [6.07, 6.45) is 0. The molecule has 4 nitrogen and oxygen atoms in total. The summed E-state index contributed by atoms with van der Waals surface area (Å²) in [5.41, 5.74) is 6.29. The number of nitrogen functional groups attached to an aromatic ring is 1. The van der Waals surface area contributed by atoms with Crippen LogP contribution in [-0.4, -0.2) is 8.42 Å². The van der Waals surface area contributed by atoms with Crippen LogP contribution in [0.1, 0.15) is 5.56 Å². The zero-order chi connectivity index (χ0) is 14.9. The number of nitrogens with one attached hydrogen (secondary N) is 1. The van der Waals surface area contributed by atoms with Crippen LogP contribution < -0.4 is 10.5 Å². The number of sulfonamides is 1. The Hall–Kier alpha value is -1.79. The quantitative estimate of drug-likeness (QED) is 0.855. The van der Waals surface area contributed by atoms with Crippen LogP contribution in [0, 0.1) is 12.7 Å². The smallest absolute Gasteiger partial charge is 0.262 e. The lowest BCUT2D eigenvalue weighted by Gasteiger charge is -2.10. The maximum atomic E-state index is 13.1. The average Bonchev–Trinajstić information content (AvgIpc) is 2.36. The lowest BCUT2D eigenvalue weighted by Crippen LogP contribution is -2.13. The lowest BCUT2D eigenvalue weighted by molar-refractivity contribution is 0.600. The molecule has 0 amide bonds. The summed E-state index contributed by atoms with van der Waals surface area (Å²) in [7, 11) is -3.87. The van der Waals surface area contributed by atoms with Gasteiger partial charge in [0.15, 0.2) is 0 Å². The van der Waals surface area contributed by atoms with Gasteiger partial charge in [-0.05, 0) is 42.8 Å². The molecular weight excluding hydrogens is 303 g/mol. The summed E-state index contributed by atoms with van der Waals surface area (Å²) in [5, 5.41) is 0.281. The molecule has 2 aromatic rings. The molecule has 0 unspecified atom stereocenters.